The van der Waals surface area contributed by atoms with Crippen LogP contribution in [0.1, 0.15) is 0 Å². The minimum atomic E-state index is -0.339. The van der Waals surface area contributed by atoms with Crippen LogP contribution in [0.15, 0.2) is 29.2 Å². The van der Waals surface area contributed by atoms with Crippen molar-refractivity contribution in [3.05, 3.63) is 24.3 Å². The highest BCUT2D eigenvalue weighted by atomic mass is 32.2. The molecular weight excluding hydrogens is 242 g/mol. The Morgan fingerprint density at radius 1 is 1.29 bits per heavy atom. The molecule has 90 valence electrons. The monoisotopic (exact) mass is 253 g/mol. The Morgan fingerprint density at radius 3 is 2.65 bits per heavy atom. The fourth-order valence-electron chi connectivity index (χ4n) is 1.35. The van der Waals surface area contributed by atoms with Gasteiger partial charge in [0.15, 0.2) is 0 Å². The van der Waals surface area contributed by atoms with E-state index in [1.54, 1.807) is 25.3 Å². The number of hydrogen-bond acceptors (Lipinski definition) is 5. The van der Waals surface area contributed by atoms with E-state index in [9.17, 15) is 9.59 Å². The van der Waals surface area contributed by atoms with E-state index >= 15 is 0 Å². The van der Waals surface area contributed by atoms with Gasteiger partial charge in [0.2, 0.25) is 0 Å². The number of rotatable bonds is 3. The lowest BCUT2D eigenvalue weighted by Crippen LogP contribution is -2.41. The molecule has 17 heavy (non-hydrogen) atoms. The standard InChI is InChI=1S/C11H11NO4S/c1-15-8-3-2-4-9(5-8)17-12-10(13)6-16-7-11(12)14/h2-5H,6-7H2,1H3. The van der Waals surface area contributed by atoms with Gasteiger partial charge < -0.3 is 9.47 Å². The van der Waals surface area contributed by atoms with Crippen molar-refractivity contribution in [3.8, 4) is 5.75 Å². The van der Waals surface area contributed by atoms with Crippen LogP contribution in [-0.2, 0) is 14.3 Å². The maximum Gasteiger partial charge on any atom is 0.265 e. The Hall–Kier alpha value is -1.53. The van der Waals surface area contributed by atoms with E-state index < -0.39 is 0 Å². The lowest BCUT2D eigenvalue weighted by atomic mass is 10.3. The molecule has 0 N–H and O–H groups in total. The number of morpholine rings is 1. The van der Waals surface area contributed by atoms with Gasteiger partial charge in [-0.2, -0.15) is 0 Å². The van der Waals surface area contributed by atoms with Gasteiger partial charge in [0, 0.05) is 4.90 Å². The van der Waals surface area contributed by atoms with Gasteiger partial charge in [0.1, 0.15) is 19.0 Å². The van der Waals surface area contributed by atoms with Gasteiger partial charge >= 0.3 is 0 Å². The average molecular weight is 253 g/mol. The van der Waals surface area contributed by atoms with Crippen LogP contribution in [0.25, 0.3) is 0 Å². The molecule has 1 aliphatic heterocycles. The summed E-state index contributed by atoms with van der Waals surface area (Å²) in [6.07, 6.45) is 0. The highest BCUT2D eigenvalue weighted by molar-refractivity contribution is 7.98. The summed E-state index contributed by atoms with van der Waals surface area (Å²) >= 11 is 1.08. The zero-order chi connectivity index (χ0) is 12.3. The molecule has 0 bridgehead atoms. The third kappa shape index (κ3) is 2.78. The van der Waals surface area contributed by atoms with Crippen molar-refractivity contribution in [3.63, 3.8) is 0 Å². The van der Waals surface area contributed by atoms with Gasteiger partial charge in [-0.05, 0) is 30.1 Å². The maximum atomic E-state index is 11.5. The molecular formula is C11H11NO4S. The van der Waals surface area contributed by atoms with Crippen LogP contribution < -0.4 is 4.74 Å². The number of methoxy groups -OCH3 is 1. The predicted molar refractivity (Wildman–Crippen MR) is 61.5 cm³/mol. The number of benzene rings is 1. The normalized spacial score (nSPS) is 16.2. The Labute approximate surface area is 103 Å². The molecule has 1 aromatic rings. The van der Waals surface area contributed by atoms with Crippen molar-refractivity contribution in [2.75, 3.05) is 20.3 Å². The average Bonchev–Trinajstić information content (AvgIpc) is 2.34. The molecule has 1 aliphatic rings. The Balaban J connectivity index is 2.13. The Bertz CT molecular complexity index is 433. The summed E-state index contributed by atoms with van der Waals surface area (Å²) < 4.78 is 11.0. The van der Waals surface area contributed by atoms with Crippen molar-refractivity contribution < 1.29 is 19.1 Å². The van der Waals surface area contributed by atoms with Crippen LogP contribution in [0.2, 0.25) is 0 Å². The van der Waals surface area contributed by atoms with E-state index in [0.29, 0.717) is 5.75 Å². The van der Waals surface area contributed by atoms with Gasteiger partial charge in [-0.25, -0.2) is 4.31 Å². The predicted octanol–water partition coefficient (Wildman–Crippen LogP) is 1.09. The van der Waals surface area contributed by atoms with E-state index in [4.69, 9.17) is 9.47 Å². The zero-order valence-electron chi connectivity index (χ0n) is 9.21. The van der Waals surface area contributed by atoms with Gasteiger partial charge in [0.05, 0.1) is 7.11 Å². The molecule has 5 nitrogen and oxygen atoms in total. The third-order valence-corrected chi connectivity index (χ3v) is 3.20. The molecule has 0 saturated carbocycles. The van der Waals surface area contributed by atoms with Crippen molar-refractivity contribution in [1.29, 1.82) is 0 Å². The van der Waals surface area contributed by atoms with Crippen molar-refractivity contribution >= 4 is 23.8 Å². The summed E-state index contributed by atoms with van der Waals surface area (Å²) in [4.78, 5) is 23.8. The number of carbonyl (C=O) groups is 2. The van der Waals surface area contributed by atoms with Crippen LogP contribution in [0.3, 0.4) is 0 Å². The topological polar surface area (TPSA) is 55.8 Å². The number of imide groups is 1. The smallest absolute Gasteiger partial charge is 0.265 e. The Kier molecular flexibility index (Phi) is 3.65. The highest BCUT2D eigenvalue weighted by Crippen LogP contribution is 2.27. The number of hydrogen-bond donors (Lipinski definition) is 0. The molecule has 1 fully saturated rings. The van der Waals surface area contributed by atoms with Crippen LogP contribution in [0, 0.1) is 0 Å². The first-order chi connectivity index (χ1) is 8.20. The molecule has 0 aliphatic carbocycles. The summed E-state index contributed by atoms with van der Waals surface area (Å²) in [7, 11) is 1.56. The number of nitrogens with zero attached hydrogens (tertiary/aromatic N) is 1. The molecule has 0 unspecified atom stereocenters. The van der Waals surface area contributed by atoms with E-state index in [1.807, 2.05) is 6.07 Å². The largest absolute Gasteiger partial charge is 0.497 e. The van der Waals surface area contributed by atoms with E-state index in [1.165, 1.54) is 0 Å². The number of amides is 2. The van der Waals surface area contributed by atoms with E-state index in [-0.39, 0.29) is 25.0 Å². The quantitative estimate of drug-likeness (QED) is 0.596. The Morgan fingerprint density at radius 2 is 2.00 bits per heavy atom. The molecule has 2 amide bonds. The first-order valence-electron chi connectivity index (χ1n) is 4.96. The van der Waals surface area contributed by atoms with E-state index in [2.05, 4.69) is 0 Å². The van der Waals surface area contributed by atoms with Crippen LogP contribution in [0.4, 0.5) is 0 Å². The number of ether oxygens (including phenoxy) is 2. The summed E-state index contributed by atoms with van der Waals surface area (Å²) in [5, 5.41) is 0. The molecule has 0 atom stereocenters. The molecule has 0 radical (unpaired) electrons. The lowest BCUT2D eigenvalue weighted by Gasteiger charge is -2.23. The second-order valence-electron chi connectivity index (χ2n) is 3.34. The van der Waals surface area contributed by atoms with Crippen LogP contribution in [-0.4, -0.2) is 36.4 Å². The molecule has 1 heterocycles. The summed E-state index contributed by atoms with van der Waals surface area (Å²) in [5.41, 5.74) is 0. The van der Waals surface area contributed by atoms with Crippen LogP contribution >= 0.6 is 11.9 Å². The van der Waals surface area contributed by atoms with Gasteiger partial charge in [-0.3, -0.25) is 9.59 Å². The summed E-state index contributed by atoms with van der Waals surface area (Å²) in [6, 6.07) is 7.17. The molecule has 2 rings (SSSR count). The zero-order valence-corrected chi connectivity index (χ0v) is 10.0. The first-order valence-corrected chi connectivity index (χ1v) is 5.73. The second kappa shape index (κ2) is 5.20. The molecule has 1 aromatic carbocycles. The maximum absolute atomic E-state index is 11.5. The minimum Gasteiger partial charge on any atom is -0.497 e. The molecule has 6 heteroatoms. The van der Waals surface area contributed by atoms with Crippen LogP contribution in [0.5, 0.6) is 5.75 Å². The summed E-state index contributed by atoms with van der Waals surface area (Å²) in [5.74, 6) is 0.00583. The highest BCUT2D eigenvalue weighted by Gasteiger charge is 2.27. The van der Waals surface area contributed by atoms with Gasteiger partial charge in [0.25, 0.3) is 11.8 Å². The third-order valence-electron chi connectivity index (χ3n) is 2.14. The van der Waals surface area contributed by atoms with Crippen molar-refractivity contribution in [2.24, 2.45) is 0 Å². The number of carbonyl (C=O) groups excluding carboxylic acids is 2. The SMILES string of the molecule is COc1cccc(SN2C(=O)COCC2=O)c1. The van der Waals surface area contributed by atoms with Gasteiger partial charge in [-0.15, -0.1) is 0 Å². The van der Waals surface area contributed by atoms with Crippen molar-refractivity contribution in [1.82, 2.24) is 4.31 Å². The molecule has 0 spiro atoms. The first kappa shape index (κ1) is 11.9. The fourth-order valence-corrected chi connectivity index (χ4v) is 2.18. The van der Waals surface area contributed by atoms with Gasteiger partial charge in [-0.1, -0.05) is 6.07 Å². The fraction of sp³-hybridized carbons (Fsp3) is 0.273. The minimum absolute atomic E-state index is 0.0529. The lowest BCUT2D eigenvalue weighted by molar-refractivity contribution is -0.150. The van der Waals surface area contributed by atoms with E-state index in [0.717, 1.165) is 21.1 Å². The summed E-state index contributed by atoms with van der Waals surface area (Å²) in [6.45, 7) is -0.106. The molecule has 0 aromatic heterocycles. The van der Waals surface area contributed by atoms with Crippen molar-refractivity contribution in [2.45, 2.75) is 4.90 Å². The second-order valence-corrected chi connectivity index (χ2v) is 4.36. The molecule has 1 saturated heterocycles.